The molecule has 0 radical (unpaired) electrons. The van der Waals surface area contributed by atoms with Crippen LogP contribution in [0.25, 0.3) is 0 Å². The highest BCUT2D eigenvalue weighted by molar-refractivity contribution is 7.89. The molecule has 12 heteroatoms. The van der Waals surface area contributed by atoms with Gasteiger partial charge in [-0.2, -0.15) is 19.7 Å². The van der Waals surface area contributed by atoms with Gasteiger partial charge < -0.3 is 4.90 Å². The number of H-pyrrole nitrogens is 1. The van der Waals surface area contributed by atoms with Crippen LogP contribution in [0.5, 0.6) is 0 Å². The molecule has 1 aliphatic rings. The highest BCUT2D eigenvalue weighted by Crippen LogP contribution is 2.37. The van der Waals surface area contributed by atoms with Crippen LogP contribution in [-0.2, 0) is 10.0 Å². The third-order valence-corrected chi connectivity index (χ3v) is 7.51. The standard InChI is InChI=1S/C15H16Cl3N5O3S/c1-15(2)8-22(14(24)12-7-19-21-20-12)3-4-23(15)27(25,26)13-10(17)5-9(16)6-11(13)18/h5-7H,3-4,8H2,1-2H3,(H,19,20,21). The van der Waals surface area contributed by atoms with Crippen molar-refractivity contribution in [2.45, 2.75) is 24.3 Å². The average molecular weight is 453 g/mol. The van der Waals surface area contributed by atoms with Crippen LogP contribution < -0.4 is 0 Å². The maximum absolute atomic E-state index is 13.2. The largest absolute Gasteiger partial charge is 0.334 e. The molecule has 146 valence electrons. The monoisotopic (exact) mass is 451 g/mol. The number of nitrogens with zero attached hydrogens (tertiary/aromatic N) is 4. The van der Waals surface area contributed by atoms with E-state index in [1.165, 1.54) is 27.5 Å². The Labute approximate surface area is 171 Å². The van der Waals surface area contributed by atoms with Gasteiger partial charge in [0.2, 0.25) is 10.0 Å². The van der Waals surface area contributed by atoms with Crippen molar-refractivity contribution in [1.82, 2.24) is 24.6 Å². The molecule has 0 spiro atoms. The molecular formula is C15H16Cl3N5O3S. The predicted octanol–water partition coefficient (Wildman–Crippen LogP) is 2.69. The summed E-state index contributed by atoms with van der Waals surface area (Å²) in [5.41, 5.74) is -0.728. The second-order valence-corrected chi connectivity index (χ2v) is 9.72. The number of aromatic nitrogens is 3. The molecule has 2 heterocycles. The van der Waals surface area contributed by atoms with Crippen molar-refractivity contribution in [1.29, 1.82) is 0 Å². The van der Waals surface area contributed by atoms with Crippen LogP contribution in [0.3, 0.4) is 0 Å². The summed E-state index contributed by atoms with van der Waals surface area (Å²) >= 11 is 18.1. The van der Waals surface area contributed by atoms with Crippen molar-refractivity contribution in [3.63, 3.8) is 0 Å². The van der Waals surface area contributed by atoms with E-state index in [2.05, 4.69) is 15.4 Å². The quantitative estimate of drug-likeness (QED) is 0.772. The Morgan fingerprint density at radius 3 is 2.33 bits per heavy atom. The molecule has 1 aliphatic heterocycles. The van der Waals surface area contributed by atoms with Gasteiger partial charge in [0.15, 0.2) is 5.69 Å². The van der Waals surface area contributed by atoms with Gasteiger partial charge in [0, 0.05) is 30.2 Å². The Morgan fingerprint density at radius 2 is 1.81 bits per heavy atom. The average Bonchev–Trinajstić information content (AvgIpc) is 3.05. The zero-order chi connectivity index (χ0) is 20.0. The highest BCUT2D eigenvalue weighted by Gasteiger charge is 2.44. The van der Waals surface area contributed by atoms with Gasteiger partial charge in [-0.15, -0.1) is 0 Å². The van der Waals surface area contributed by atoms with Crippen LogP contribution in [0, 0.1) is 0 Å². The first-order chi connectivity index (χ1) is 12.5. The number of hydrogen-bond acceptors (Lipinski definition) is 5. The smallest absolute Gasteiger partial charge is 0.276 e. The molecule has 0 saturated carbocycles. The number of carbonyl (C=O) groups is 1. The number of carbonyl (C=O) groups excluding carboxylic acids is 1. The van der Waals surface area contributed by atoms with Crippen LogP contribution in [0.4, 0.5) is 0 Å². The van der Waals surface area contributed by atoms with Crippen molar-refractivity contribution < 1.29 is 13.2 Å². The summed E-state index contributed by atoms with van der Waals surface area (Å²) in [5, 5.41) is 9.93. The Balaban J connectivity index is 1.91. The fourth-order valence-electron chi connectivity index (χ4n) is 3.11. The fraction of sp³-hybridized carbons (Fsp3) is 0.400. The molecule has 27 heavy (non-hydrogen) atoms. The molecule has 3 rings (SSSR count). The maximum atomic E-state index is 13.2. The molecule has 1 aromatic heterocycles. The first-order valence-corrected chi connectivity index (χ1v) is 10.4. The molecule has 1 saturated heterocycles. The fourth-order valence-corrected chi connectivity index (χ4v) is 6.37. The van der Waals surface area contributed by atoms with E-state index in [0.29, 0.717) is 0 Å². The SMILES string of the molecule is CC1(C)CN(C(=O)c2cn[nH]n2)CCN1S(=O)(=O)c1c(Cl)cc(Cl)cc1Cl. The number of nitrogens with one attached hydrogen (secondary N) is 1. The third kappa shape index (κ3) is 3.79. The van der Waals surface area contributed by atoms with Crippen LogP contribution >= 0.6 is 34.8 Å². The summed E-state index contributed by atoms with van der Waals surface area (Å²) in [6, 6.07) is 2.67. The van der Waals surface area contributed by atoms with Gasteiger partial charge in [-0.3, -0.25) is 4.79 Å². The van der Waals surface area contributed by atoms with Gasteiger partial charge in [-0.05, 0) is 26.0 Å². The first kappa shape index (κ1) is 20.3. The minimum Gasteiger partial charge on any atom is -0.334 e. The number of rotatable bonds is 3. The number of benzene rings is 1. The van der Waals surface area contributed by atoms with E-state index in [0.717, 1.165) is 0 Å². The Morgan fingerprint density at radius 1 is 1.19 bits per heavy atom. The zero-order valence-electron chi connectivity index (χ0n) is 14.4. The van der Waals surface area contributed by atoms with E-state index >= 15 is 0 Å². The van der Waals surface area contributed by atoms with Crippen molar-refractivity contribution in [3.8, 4) is 0 Å². The van der Waals surface area contributed by atoms with Crippen molar-refractivity contribution in [2.75, 3.05) is 19.6 Å². The summed E-state index contributed by atoms with van der Waals surface area (Å²) in [4.78, 5) is 13.8. The zero-order valence-corrected chi connectivity index (χ0v) is 17.5. The van der Waals surface area contributed by atoms with E-state index in [-0.39, 0.29) is 51.2 Å². The lowest BCUT2D eigenvalue weighted by Gasteiger charge is -2.45. The van der Waals surface area contributed by atoms with Crippen molar-refractivity contribution in [2.24, 2.45) is 0 Å². The predicted molar refractivity (Wildman–Crippen MR) is 102 cm³/mol. The van der Waals surface area contributed by atoms with Gasteiger partial charge in [0.25, 0.3) is 5.91 Å². The minimum absolute atomic E-state index is 0.0515. The molecule has 8 nitrogen and oxygen atoms in total. The molecule has 0 aliphatic carbocycles. The van der Waals surface area contributed by atoms with Crippen LogP contribution in [0.15, 0.2) is 23.2 Å². The third-order valence-electron chi connectivity index (χ3n) is 4.26. The Hall–Kier alpha value is -1.39. The van der Waals surface area contributed by atoms with E-state index in [1.807, 2.05) is 0 Å². The van der Waals surface area contributed by atoms with Crippen LogP contribution in [-0.4, -0.2) is 64.1 Å². The lowest BCUT2D eigenvalue weighted by Crippen LogP contribution is -2.61. The molecule has 0 atom stereocenters. The van der Waals surface area contributed by atoms with E-state index < -0.39 is 15.6 Å². The summed E-state index contributed by atoms with van der Waals surface area (Å²) < 4.78 is 27.8. The molecule has 1 N–H and O–H groups in total. The summed E-state index contributed by atoms with van der Waals surface area (Å²) in [7, 11) is -4.01. The number of aromatic amines is 1. The van der Waals surface area contributed by atoms with Gasteiger partial charge in [-0.1, -0.05) is 34.8 Å². The van der Waals surface area contributed by atoms with E-state index in [4.69, 9.17) is 34.8 Å². The number of sulfonamides is 1. The molecule has 0 unspecified atom stereocenters. The number of piperazine rings is 1. The molecule has 0 bridgehead atoms. The van der Waals surface area contributed by atoms with Crippen molar-refractivity contribution >= 4 is 50.7 Å². The Kier molecular flexibility index (Phi) is 5.44. The second kappa shape index (κ2) is 7.21. The van der Waals surface area contributed by atoms with Crippen LogP contribution in [0.1, 0.15) is 24.3 Å². The number of hydrogen-bond donors (Lipinski definition) is 1. The van der Waals surface area contributed by atoms with E-state index in [1.54, 1.807) is 13.8 Å². The molecule has 1 aromatic carbocycles. The lowest BCUT2D eigenvalue weighted by atomic mass is 10.0. The van der Waals surface area contributed by atoms with Crippen molar-refractivity contribution in [3.05, 3.63) is 39.1 Å². The number of amides is 1. The molecule has 2 aromatic rings. The molecular weight excluding hydrogens is 437 g/mol. The second-order valence-electron chi connectivity index (χ2n) is 6.67. The normalized spacial score (nSPS) is 17.9. The van der Waals surface area contributed by atoms with Gasteiger partial charge in [0.1, 0.15) is 4.90 Å². The molecule has 1 amide bonds. The van der Waals surface area contributed by atoms with E-state index in [9.17, 15) is 13.2 Å². The Bertz CT molecular complexity index is 956. The lowest BCUT2D eigenvalue weighted by molar-refractivity contribution is 0.0489. The van der Waals surface area contributed by atoms with Crippen LogP contribution in [0.2, 0.25) is 15.1 Å². The van der Waals surface area contributed by atoms with Gasteiger partial charge >= 0.3 is 0 Å². The number of halogens is 3. The van der Waals surface area contributed by atoms with Gasteiger partial charge in [0.05, 0.1) is 16.2 Å². The first-order valence-electron chi connectivity index (χ1n) is 7.86. The minimum atomic E-state index is -4.01. The van der Waals surface area contributed by atoms with Gasteiger partial charge in [-0.25, -0.2) is 8.42 Å². The summed E-state index contributed by atoms with van der Waals surface area (Å²) in [6.45, 7) is 3.89. The topological polar surface area (TPSA) is 99.3 Å². The summed E-state index contributed by atoms with van der Waals surface area (Å²) in [6.07, 6.45) is 1.33. The highest BCUT2D eigenvalue weighted by atomic mass is 35.5. The summed E-state index contributed by atoms with van der Waals surface area (Å²) in [5.74, 6) is -0.323. The maximum Gasteiger partial charge on any atom is 0.276 e. The molecule has 1 fully saturated rings.